The van der Waals surface area contributed by atoms with Gasteiger partial charge in [-0.1, -0.05) is 215 Å². The number of unbranched alkanes of at least 4 members (excludes halogenated alkanes) is 25. The smallest absolute Gasteiger partial charge is 0.306 e. The topological polar surface area (TPSA) is 111 Å². The molecule has 9 heteroatoms. The van der Waals surface area contributed by atoms with Crippen molar-refractivity contribution in [2.24, 2.45) is 0 Å². The van der Waals surface area contributed by atoms with Gasteiger partial charge in [-0.3, -0.25) is 9.59 Å². The normalized spacial score (nSPS) is 13.3. The van der Waals surface area contributed by atoms with Crippen LogP contribution in [0.4, 0.5) is 0 Å². The average Bonchev–Trinajstić information content (AvgIpc) is 3.33. The summed E-state index contributed by atoms with van der Waals surface area (Å²) in [5.41, 5.74) is 0. The number of rotatable bonds is 52. The minimum absolute atomic E-state index is 0.145. The number of carbonyl (C=O) groups is 3. The number of carboxylic acid groups (broad SMARTS) is 1. The van der Waals surface area contributed by atoms with Crippen molar-refractivity contribution in [2.75, 3.05) is 47.5 Å². The summed E-state index contributed by atoms with van der Waals surface area (Å²) in [6.45, 7) is 4.62. The Labute approximate surface area is 430 Å². The summed E-state index contributed by atoms with van der Waals surface area (Å²) in [5, 5.41) is 11.8. The maximum absolute atomic E-state index is 12.8. The van der Waals surface area contributed by atoms with Crippen LogP contribution >= 0.6 is 0 Å². The third kappa shape index (κ3) is 52.6. The lowest BCUT2D eigenvalue weighted by Gasteiger charge is -2.26. The highest BCUT2D eigenvalue weighted by atomic mass is 16.7. The van der Waals surface area contributed by atoms with E-state index in [4.69, 9.17) is 18.9 Å². The van der Waals surface area contributed by atoms with E-state index in [9.17, 15) is 19.5 Å². The molecule has 2 unspecified atom stereocenters. The summed E-state index contributed by atoms with van der Waals surface area (Å²) < 4.78 is 22.7. The second-order valence-electron chi connectivity index (χ2n) is 20.2. The number of esters is 2. The van der Waals surface area contributed by atoms with Gasteiger partial charge >= 0.3 is 11.9 Å². The molecule has 0 fully saturated rings. The number of nitrogens with zero attached hydrogens (tertiary/aromatic N) is 1. The average molecular weight is 983 g/mol. The van der Waals surface area contributed by atoms with E-state index >= 15 is 0 Å². The molecule has 0 aliphatic rings. The second-order valence-corrected chi connectivity index (χ2v) is 20.2. The number of likely N-dealkylation sites (N-methyl/N-ethyl adjacent to an activating group) is 1. The van der Waals surface area contributed by atoms with Crippen molar-refractivity contribution < 1.29 is 42.9 Å². The lowest BCUT2D eigenvalue weighted by molar-refractivity contribution is -0.870. The number of quaternary nitrogens is 1. The first-order valence-electron chi connectivity index (χ1n) is 28.6. The molecule has 0 saturated heterocycles. The minimum atomic E-state index is -1.62. The van der Waals surface area contributed by atoms with Gasteiger partial charge in [0.15, 0.2) is 12.4 Å². The summed E-state index contributed by atoms with van der Waals surface area (Å²) in [5.74, 6) is -2.29. The van der Waals surface area contributed by atoms with Crippen molar-refractivity contribution in [3.63, 3.8) is 0 Å². The first-order valence-corrected chi connectivity index (χ1v) is 28.6. The molecule has 70 heavy (non-hydrogen) atoms. The molecule has 0 aromatic heterocycles. The van der Waals surface area contributed by atoms with Crippen LogP contribution in [-0.4, -0.2) is 82.3 Å². The van der Waals surface area contributed by atoms with Gasteiger partial charge in [0.25, 0.3) is 0 Å². The van der Waals surface area contributed by atoms with Crippen LogP contribution in [-0.2, 0) is 33.3 Å². The van der Waals surface area contributed by atoms with Gasteiger partial charge < -0.3 is 33.3 Å². The Morgan fingerprint density at radius 2 is 0.814 bits per heavy atom. The molecule has 0 spiro atoms. The van der Waals surface area contributed by atoms with Crippen LogP contribution in [0.25, 0.3) is 0 Å². The fraction of sp³-hybridized carbons (Fsp3) is 0.754. The number of carboxylic acids is 1. The van der Waals surface area contributed by atoms with Crippen LogP contribution in [0.3, 0.4) is 0 Å². The van der Waals surface area contributed by atoms with Crippen LogP contribution < -0.4 is 5.11 Å². The Morgan fingerprint density at radius 3 is 1.23 bits per heavy atom. The van der Waals surface area contributed by atoms with Crippen LogP contribution in [0.2, 0.25) is 0 Å². The first kappa shape index (κ1) is 66.7. The SMILES string of the molecule is CC/C=C\C/C=C\C/C=C\C/C=C\C/C=C\CCCCCCCCCCCCCCCCCC(=O)OC(COC(=O)CCCCCCC/C=C\CCCCCCC)COC(OCC[N+](C)(C)C)C(=O)[O-]. The zero-order chi connectivity index (χ0) is 51.3. The van der Waals surface area contributed by atoms with Crippen molar-refractivity contribution in [2.45, 2.75) is 251 Å². The molecular weight excluding hydrogens is 875 g/mol. The maximum Gasteiger partial charge on any atom is 0.306 e. The van der Waals surface area contributed by atoms with Gasteiger partial charge in [-0.25, -0.2) is 0 Å². The van der Waals surface area contributed by atoms with E-state index in [1.165, 1.54) is 116 Å². The third-order valence-corrected chi connectivity index (χ3v) is 12.2. The summed E-state index contributed by atoms with van der Waals surface area (Å²) in [6, 6.07) is 0. The monoisotopic (exact) mass is 982 g/mol. The fourth-order valence-corrected chi connectivity index (χ4v) is 7.79. The van der Waals surface area contributed by atoms with E-state index < -0.39 is 24.3 Å². The highest BCUT2D eigenvalue weighted by Crippen LogP contribution is 2.16. The molecular formula is C61H107NO8. The highest BCUT2D eigenvalue weighted by molar-refractivity contribution is 5.70. The van der Waals surface area contributed by atoms with Gasteiger partial charge in [0, 0.05) is 12.8 Å². The summed E-state index contributed by atoms with van der Waals surface area (Å²) in [7, 11) is 5.92. The third-order valence-electron chi connectivity index (χ3n) is 12.2. The number of ether oxygens (including phenoxy) is 4. The van der Waals surface area contributed by atoms with Crippen molar-refractivity contribution in [1.82, 2.24) is 0 Å². The Bertz CT molecular complexity index is 1380. The predicted octanol–water partition coefficient (Wildman–Crippen LogP) is 15.3. The van der Waals surface area contributed by atoms with Gasteiger partial charge in [0.1, 0.15) is 13.2 Å². The van der Waals surface area contributed by atoms with Crippen LogP contribution in [0, 0.1) is 0 Å². The van der Waals surface area contributed by atoms with E-state index in [0.717, 1.165) is 89.9 Å². The van der Waals surface area contributed by atoms with Gasteiger partial charge in [0.05, 0.1) is 40.3 Å². The number of aliphatic carboxylic acids is 1. The molecule has 0 aromatic rings. The van der Waals surface area contributed by atoms with Crippen LogP contribution in [0.1, 0.15) is 239 Å². The molecule has 0 aliphatic carbocycles. The Kier molecular flexibility index (Phi) is 49.6. The molecule has 0 aliphatic heterocycles. The molecule has 0 aromatic carbocycles. The Hall–Kier alpha value is -3.27. The van der Waals surface area contributed by atoms with E-state index in [-0.39, 0.29) is 38.6 Å². The molecule has 0 radical (unpaired) electrons. The predicted molar refractivity (Wildman–Crippen MR) is 292 cm³/mol. The van der Waals surface area contributed by atoms with Crippen molar-refractivity contribution in [3.05, 3.63) is 72.9 Å². The quantitative estimate of drug-likeness (QED) is 0.0195. The molecule has 0 heterocycles. The van der Waals surface area contributed by atoms with Gasteiger partial charge in [-0.2, -0.15) is 0 Å². The fourth-order valence-electron chi connectivity index (χ4n) is 7.79. The largest absolute Gasteiger partial charge is 0.545 e. The van der Waals surface area contributed by atoms with E-state index in [2.05, 4.69) is 86.8 Å². The van der Waals surface area contributed by atoms with E-state index in [1.807, 2.05) is 21.1 Å². The second kappa shape index (κ2) is 52.1. The zero-order valence-corrected chi connectivity index (χ0v) is 45.9. The maximum atomic E-state index is 12.8. The number of carbonyl (C=O) groups excluding carboxylic acids is 3. The van der Waals surface area contributed by atoms with Crippen molar-refractivity contribution in [1.29, 1.82) is 0 Å². The number of hydrogen-bond donors (Lipinski definition) is 0. The van der Waals surface area contributed by atoms with Crippen molar-refractivity contribution >= 4 is 17.9 Å². The van der Waals surface area contributed by atoms with Gasteiger partial charge in [-0.15, -0.1) is 0 Å². The number of hydrogen-bond acceptors (Lipinski definition) is 8. The molecule has 0 bridgehead atoms. The van der Waals surface area contributed by atoms with Crippen molar-refractivity contribution in [3.8, 4) is 0 Å². The lowest BCUT2D eigenvalue weighted by Crippen LogP contribution is -2.44. The Morgan fingerprint density at radius 1 is 0.443 bits per heavy atom. The van der Waals surface area contributed by atoms with E-state index in [1.54, 1.807) is 0 Å². The van der Waals surface area contributed by atoms with Crippen LogP contribution in [0.5, 0.6) is 0 Å². The van der Waals surface area contributed by atoms with Crippen LogP contribution in [0.15, 0.2) is 72.9 Å². The zero-order valence-electron chi connectivity index (χ0n) is 45.9. The summed E-state index contributed by atoms with van der Waals surface area (Å²) in [6.07, 6.45) is 63.8. The molecule has 0 amide bonds. The van der Waals surface area contributed by atoms with Gasteiger partial charge in [0.2, 0.25) is 0 Å². The molecule has 2 atom stereocenters. The molecule has 0 saturated carbocycles. The minimum Gasteiger partial charge on any atom is -0.545 e. The molecule has 9 nitrogen and oxygen atoms in total. The molecule has 404 valence electrons. The van der Waals surface area contributed by atoms with Gasteiger partial charge in [-0.05, 0) is 83.5 Å². The summed E-state index contributed by atoms with van der Waals surface area (Å²) in [4.78, 5) is 37.2. The highest BCUT2D eigenvalue weighted by Gasteiger charge is 2.22. The standard InChI is InChI=1S/C61H107NO8/c1-6-8-10-12-14-16-18-20-22-23-24-25-26-27-28-29-30-31-32-33-34-35-36-37-38-40-42-44-46-48-50-52-59(64)70-57(56-69-61(60(65)66)67-54-53-62(3,4)5)55-68-58(63)51-49-47-45-43-41-39-21-19-17-15-13-11-9-7-2/h8,10,14,16,19-22,24-25,27-28,57,61H,6-7,9,11-13,15,17-18,23,26,29-56H2,1-5H3/b10-8-,16-14-,21-19-,22-20-,25-24-,28-27-. The van der Waals surface area contributed by atoms with E-state index in [0.29, 0.717) is 17.4 Å². The molecule has 0 N–H and O–H groups in total. The Balaban J connectivity index is 4.16. The molecule has 0 rings (SSSR count). The lowest BCUT2D eigenvalue weighted by atomic mass is 10.0. The number of allylic oxidation sites excluding steroid dienone is 12. The first-order chi connectivity index (χ1) is 34.1. The summed E-state index contributed by atoms with van der Waals surface area (Å²) >= 11 is 0.